The molecule has 1 aliphatic carbocycles. The second-order valence-corrected chi connectivity index (χ2v) is 6.81. The van der Waals surface area contributed by atoms with E-state index >= 15 is 0 Å². The molecule has 1 saturated carbocycles. The van der Waals surface area contributed by atoms with Gasteiger partial charge < -0.3 is 9.47 Å². The number of hydrogen-bond acceptors (Lipinski definition) is 2. The smallest absolute Gasteiger partial charge is 0.0652 e. The van der Waals surface area contributed by atoms with Crippen LogP contribution < -0.4 is 0 Å². The molecule has 0 bridgehead atoms. The summed E-state index contributed by atoms with van der Waals surface area (Å²) in [5.41, 5.74) is 0.212. The molecule has 2 unspecified atom stereocenters. The fourth-order valence-electron chi connectivity index (χ4n) is 4.11. The Labute approximate surface area is 113 Å². The molecule has 0 aromatic rings. The Morgan fingerprint density at radius 1 is 0.889 bits per heavy atom. The van der Waals surface area contributed by atoms with E-state index in [-0.39, 0.29) is 5.41 Å². The molecule has 2 atom stereocenters. The van der Waals surface area contributed by atoms with Gasteiger partial charge in [-0.3, -0.25) is 0 Å². The van der Waals surface area contributed by atoms with Crippen LogP contribution in [0.2, 0.25) is 0 Å². The third kappa shape index (κ3) is 3.48. The SMILES string of the molecule is COC1CCCC(OC)C1(CC(C)C)CC(C)C. The van der Waals surface area contributed by atoms with Crippen LogP contribution in [0.1, 0.15) is 59.8 Å². The van der Waals surface area contributed by atoms with Gasteiger partial charge in [0.2, 0.25) is 0 Å². The molecule has 0 aromatic heterocycles. The van der Waals surface area contributed by atoms with Crippen LogP contribution in [0.5, 0.6) is 0 Å². The highest BCUT2D eigenvalue weighted by Crippen LogP contribution is 2.48. The van der Waals surface area contributed by atoms with E-state index in [0.29, 0.717) is 24.0 Å². The third-order valence-electron chi connectivity index (χ3n) is 4.36. The van der Waals surface area contributed by atoms with Crippen LogP contribution >= 0.6 is 0 Å². The van der Waals surface area contributed by atoms with E-state index < -0.39 is 0 Å². The third-order valence-corrected chi connectivity index (χ3v) is 4.36. The van der Waals surface area contributed by atoms with Gasteiger partial charge in [0.1, 0.15) is 0 Å². The monoisotopic (exact) mass is 256 g/mol. The summed E-state index contributed by atoms with van der Waals surface area (Å²) in [6.45, 7) is 9.26. The first-order chi connectivity index (χ1) is 8.46. The molecule has 18 heavy (non-hydrogen) atoms. The maximum absolute atomic E-state index is 5.86. The molecule has 108 valence electrons. The summed E-state index contributed by atoms with van der Waals surface area (Å²) in [6, 6.07) is 0. The minimum atomic E-state index is 0.212. The normalized spacial score (nSPS) is 28.0. The van der Waals surface area contributed by atoms with Gasteiger partial charge in [0.05, 0.1) is 12.2 Å². The molecule has 1 rings (SSSR count). The summed E-state index contributed by atoms with van der Waals surface area (Å²) in [5, 5.41) is 0. The topological polar surface area (TPSA) is 18.5 Å². The highest BCUT2D eigenvalue weighted by Gasteiger charge is 2.48. The molecule has 0 heterocycles. The van der Waals surface area contributed by atoms with Gasteiger partial charge in [0, 0.05) is 19.6 Å². The van der Waals surface area contributed by atoms with Crippen molar-refractivity contribution in [3.8, 4) is 0 Å². The van der Waals surface area contributed by atoms with Crippen molar-refractivity contribution in [3.63, 3.8) is 0 Å². The zero-order chi connectivity index (χ0) is 13.8. The van der Waals surface area contributed by atoms with Crippen molar-refractivity contribution in [1.29, 1.82) is 0 Å². The fourth-order valence-corrected chi connectivity index (χ4v) is 4.11. The first-order valence-electron chi connectivity index (χ1n) is 7.51. The maximum Gasteiger partial charge on any atom is 0.0652 e. The summed E-state index contributed by atoms with van der Waals surface area (Å²) >= 11 is 0. The molecule has 0 spiro atoms. The Balaban J connectivity index is 3.03. The van der Waals surface area contributed by atoms with E-state index in [2.05, 4.69) is 27.7 Å². The van der Waals surface area contributed by atoms with Crippen molar-refractivity contribution >= 4 is 0 Å². The zero-order valence-corrected chi connectivity index (χ0v) is 13.2. The predicted molar refractivity (Wildman–Crippen MR) is 76.8 cm³/mol. The average molecular weight is 256 g/mol. The molecule has 0 aliphatic heterocycles. The van der Waals surface area contributed by atoms with Gasteiger partial charge in [-0.1, -0.05) is 27.7 Å². The molecule has 0 saturated heterocycles. The second-order valence-electron chi connectivity index (χ2n) is 6.81. The van der Waals surface area contributed by atoms with Gasteiger partial charge in [-0.05, 0) is 43.9 Å². The van der Waals surface area contributed by atoms with Gasteiger partial charge in [-0.15, -0.1) is 0 Å². The number of ether oxygens (including phenoxy) is 2. The highest BCUT2D eigenvalue weighted by molar-refractivity contribution is 4.98. The Morgan fingerprint density at radius 3 is 1.56 bits per heavy atom. The van der Waals surface area contributed by atoms with Crippen LogP contribution in [0.4, 0.5) is 0 Å². The lowest BCUT2D eigenvalue weighted by Gasteiger charge is -2.50. The molecule has 0 N–H and O–H groups in total. The first-order valence-corrected chi connectivity index (χ1v) is 7.51. The lowest BCUT2D eigenvalue weighted by Crippen LogP contribution is -2.51. The minimum Gasteiger partial charge on any atom is -0.381 e. The van der Waals surface area contributed by atoms with Crippen LogP contribution in [0, 0.1) is 17.3 Å². The second kappa shape index (κ2) is 6.91. The lowest BCUT2D eigenvalue weighted by molar-refractivity contribution is -0.147. The van der Waals surface area contributed by atoms with Crippen LogP contribution in [-0.4, -0.2) is 26.4 Å². The molecular formula is C16H32O2. The van der Waals surface area contributed by atoms with E-state index in [0.717, 1.165) is 0 Å². The van der Waals surface area contributed by atoms with E-state index in [9.17, 15) is 0 Å². The standard InChI is InChI=1S/C16H32O2/c1-12(2)10-16(11-13(3)4)14(17-5)8-7-9-15(16)18-6/h12-15H,7-11H2,1-6H3. The molecule has 0 aromatic carbocycles. The van der Waals surface area contributed by atoms with E-state index in [1.165, 1.54) is 32.1 Å². The van der Waals surface area contributed by atoms with Crippen molar-refractivity contribution in [2.45, 2.75) is 72.0 Å². The Hall–Kier alpha value is -0.0800. The fraction of sp³-hybridized carbons (Fsp3) is 1.00. The van der Waals surface area contributed by atoms with E-state index in [4.69, 9.17) is 9.47 Å². The number of rotatable bonds is 6. The largest absolute Gasteiger partial charge is 0.381 e. The van der Waals surface area contributed by atoms with Gasteiger partial charge in [0.25, 0.3) is 0 Å². The van der Waals surface area contributed by atoms with E-state index in [1.807, 2.05) is 14.2 Å². The van der Waals surface area contributed by atoms with Gasteiger partial charge in [-0.25, -0.2) is 0 Å². The Kier molecular flexibility index (Phi) is 6.13. The summed E-state index contributed by atoms with van der Waals surface area (Å²) in [5.74, 6) is 1.38. The molecule has 2 heteroatoms. The minimum absolute atomic E-state index is 0.212. The first kappa shape index (κ1) is 16.0. The van der Waals surface area contributed by atoms with Crippen molar-refractivity contribution < 1.29 is 9.47 Å². The molecule has 0 radical (unpaired) electrons. The highest BCUT2D eigenvalue weighted by atomic mass is 16.5. The van der Waals surface area contributed by atoms with Crippen molar-refractivity contribution in [1.82, 2.24) is 0 Å². The summed E-state index contributed by atoms with van der Waals surface area (Å²) in [6.07, 6.45) is 6.76. The van der Waals surface area contributed by atoms with Crippen molar-refractivity contribution in [3.05, 3.63) is 0 Å². The molecular weight excluding hydrogens is 224 g/mol. The summed E-state index contributed by atoms with van der Waals surface area (Å²) < 4.78 is 11.7. The summed E-state index contributed by atoms with van der Waals surface area (Å²) in [4.78, 5) is 0. The van der Waals surface area contributed by atoms with Crippen molar-refractivity contribution in [2.75, 3.05) is 14.2 Å². The lowest BCUT2D eigenvalue weighted by atomic mass is 9.62. The zero-order valence-electron chi connectivity index (χ0n) is 13.2. The Morgan fingerprint density at radius 2 is 1.28 bits per heavy atom. The van der Waals surface area contributed by atoms with Gasteiger partial charge >= 0.3 is 0 Å². The number of methoxy groups -OCH3 is 2. The maximum atomic E-state index is 5.86. The van der Waals surface area contributed by atoms with Crippen LogP contribution in [-0.2, 0) is 9.47 Å². The van der Waals surface area contributed by atoms with Crippen molar-refractivity contribution in [2.24, 2.45) is 17.3 Å². The van der Waals surface area contributed by atoms with Crippen LogP contribution in [0.15, 0.2) is 0 Å². The van der Waals surface area contributed by atoms with E-state index in [1.54, 1.807) is 0 Å². The molecule has 1 aliphatic rings. The molecule has 1 fully saturated rings. The predicted octanol–water partition coefficient (Wildman–Crippen LogP) is 4.28. The molecule has 2 nitrogen and oxygen atoms in total. The van der Waals surface area contributed by atoms with Crippen LogP contribution in [0.25, 0.3) is 0 Å². The Bertz CT molecular complexity index is 211. The van der Waals surface area contributed by atoms with Crippen LogP contribution in [0.3, 0.4) is 0 Å². The van der Waals surface area contributed by atoms with Gasteiger partial charge in [-0.2, -0.15) is 0 Å². The molecule has 0 amide bonds. The quantitative estimate of drug-likeness (QED) is 0.706. The summed E-state index contributed by atoms with van der Waals surface area (Å²) in [7, 11) is 3.75. The number of hydrogen-bond donors (Lipinski definition) is 0. The average Bonchev–Trinajstić information content (AvgIpc) is 2.27. The van der Waals surface area contributed by atoms with Gasteiger partial charge in [0.15, 0.2) is 0 Å².